The summed E-state index contributed by atoms with van der Waals surface area (Å²) in [6, 6.07) is 7.84. The van der Waals surface area contributed by atoms with Crippen LogP contribution >= 0.6 is 24.0 Å². The Morgan fingerprint density at radius 2 is 2.17 bits per heavy atom. The van der Waals surface area contributed by atoms with Crippen molar-refractivity contribution >= 4 is 29.9 Å². The van der Waals surface area contributed by atoms with Gasteiger partial charge in [0.2, 0.25) is 5.91 Å². The smallest absolute Gasteiger partial charge is 0.237 e. The number of nitrogens with one attached hydrogen (secondary N) is 2. The molecule has 1 saturated carbocycles. The van der Waals surface area contributed by atoms with E-state index in [-0.39, 0.29) is 35.9 Å². The fourth-order valence-corrected chi connectivity index (χ4v) is 3.83. The molecule has 1 aliphatic heterocycles. The maximum absolute atomic E-state index is 12.3. The summed E-state index contributed by atoms with van der Waals surface area (Å²) in [4.78, 5) is 12.3. The fraction of sp³-hybridized carbons (Fsp3) is 0.588. The third-order valence-electron chi connectivity index (χ3n) is 5.10. The van der Waals surface area contributed by atoms with E-state index in [9.17, 15) is 4.79 Å². The Hall–Kier alpha value is -0.810. The zero-order chi connectivity index (χ0) is 15.6. The molecule has 1 heterocycles. The highest BCUT2D eigenvalue weighted by Crippen LogP contribution is 2.45. The Morgan fingerprint density at radius 1 is 1.43 bits per heavy atom. The first-order valence-electron chi connectivity index (χ1n) is 7.93. The van der Waals surface area contributed by atoms with Gasteiger partial charge < -0.3 is 15.4 Å². The number of halogens is 2. The zero-order valence-corrected chi connectivity index (χ0v) is 14.9. The molecule has 1 amide bonds. The number of hydrogen-bond acceptors (Lipinski definition) is 3. The van der Waals surface area contributed by atoms with Crippen LogP contribution in [0.2, 0.25) is 5.02 Å². The van der Waals surface area contributed by atoms with Crippen molar-refractivity contribution in [2.75, 3.05) is 20.2 Å². The maximum atomic E-state index is 12.3. The number of hydrogen-bond donors (Lipinski definition) is 2. The summed E-state index contributed by atoms with van der Waals surface area (Å²) < 4.78 is 5.29. The first-order valence-corrected chi connectivity index (χ1v) is 8.31. The van der Waals surface area contributed by atoms with Gasteiger partial charge in [-0.2, -0.15) is 0 Å². The van der Waals surface area contributed by atoms with Crippen molar-refractivity contribution in [3.05, 3.63) is 34.9 Å². The van der Waals surface area contributed by atoms with Gasteiger partial charge in [-0.25, -0.2) is 0 Å². The summed E-state index contributed by atoms with van der Waals surface area (Å²) in [5, 5.41) is 7.14. The molecule has 1 aromatic carbocycles. The van der Waals surface area contributed by atoms with Gasteiger partial charge in [0.05, 0.1) is 12.1 Å². The van der Waals surface area contributed by atoms with E-state index in [0.717, 1.165) is 36.4 Å². The van der Waals surface area contributed by atoms with Gasteiger partial charge in [-0.3, -0.25) is 4.79 Å². The molecule has 2 aliphatic rings. The molecule has 0 aromatic heterocycles. The lowest BCUT2D eigenvalue weighted by atomic mass is 9.64. The molecule has 2 fully saturated rings. The summed E-state index contributed by atoms with van der Waals surface area (Å²) in [7, 11) is 1.69. The summed E-state index contributed by atoms with van der Waals surface area (Å²) in [5.74, 6) is 0.0675. The monoisotopic (exact) mass is 358 g/mol. The third-order valence-corrected chi connectivity index (χ3v) is 5.43. The highest BCUT2D eigenvalue weighted by Gasteiger charge is 2.41. The summed E-state index contributed by atoms with van der Waals surface area (Å²) in [5.41, 5.74) is 1.17. The van der Waals surface area contributed by atoms with E-state index in [4.69, 9.17) is 16.3 Å². The van der Waals surface area contributed by atoms with E-state index in [1.54, 1.807) is 7.11 Å². The van der Waals surface area contributed by atoms with Gasteiger partial charge in [-0.1, -0.05) is 36.2 Å². The van der Waals surface area contributed by atoms with Crippen LogP contribution in [-0.2, 0) is 14.9 Å². The molecule has 4 nitrogen and oxygen atoms in total. The Kier molecular flexibility index (Phi) is 6.32. The zero-order valence-electron chi connectivity index (χ0n) is 13.3. The number of carbonyl (C=O) groups is 1. The summed E-state index contributed by atoms with van der Waals surface area (Å²) in [6.07, 6.45) is 4.22. The largest absolute Gasteiger partial charge is 0.380 e. The number of methoxy groups -OCH3 is 1. The molecule has 1 aliphatic carbocycles. The average Bonchev–Trinajstić information content (AvgIpc) is 2.96. The van der Waals surface area contributed by atoms with Crippen LogP contribution in [0, 0.1) is 0 Å². The van der Waals surface area contributed by atoms with Crippen LogP contribution in [0.3, 0.4) is 0 Å². The van der Waals surface area contributed by atoms with Crippen molar-refractivity contribution in [1.29, 1.82) is 0 Å². The molecule has 0 unspecified atom stereocenters. The van der Waals surface area contributed by atoms with Crippen LogP contribution in [0.1, 0.15) is 31.2 Å². The number of rotatable bonds is 5. The standard InChI is InChI=1S/C17H23ClN2O2.ClH/c1-22-12-9-15(19-10-12)16(21)20-11-17(7-4-8-17)13-5-2-3-6-14(13)18;/h2-3,5-6,12,15,19H,4,7-11H2,1H3,(H,20,21);1H/t12-,15+;/m0./s1. The quantitative estimate of drug-likeness (QED) is 0.850. The molecule has 0 radical (unpaired) electrons. The lowest BCUT2D eigenvalue weighted by Gasteiger charge is -2.43. The van der Waals surface area contributed by atoms with Crippen LogP contribution in [0.4, 0.5) is 0 Å². The molecule has 1 saturated heterocycles. The minimum atomic E-state index is -0.145. The molecule has 0 spiro atoms. The van der Waals surface area contributed by atoms with E-state index in [2.05, 4.69) is 16.7 Å². The van der Waals surface area contributed by atoms with Crippen LogP contribution in [0.15, 0.2) is 24.3 Å². The lowest BCUT2D eigenvalue weighted by Crippen LogP contribution is -2.49. The molecule has 2 atom stereocenters. The van der Waals surface area contributed by atoms with Crippen LogP contribution < -0.4 is 10.6 Å². The first-order chi connectivity index (χ1) is 10.6. The first kappa shape index (κ1) is 18.5. The molecular formula is C17H24Cl2N2O2. The molecule has 1 aromatic rings. The van der Waals surface area contributed by atoms with Crippen molar-refractivity contribution in [3.63, 3.8) is 0 Å². The van der Waals surface area contributed by atoms with Crippen molar-refractivity contribution in [1.82, 2.24) is 10.6 Å². The minimum absolute atomic E-state index is 0. The molecule has 2 N–H and O–H groups in total. The van der Waals surface area contributed by atoms with Crippen LogP contribution in [0.25, 0.3) is 0 Å². The Labute approximate surface area is 148 Å². The van der Waals surface area contributed by atoms with Crippen LogP contribution in [0.5, 0.6) is 0 Å². The van der Waals surface area contributed by atoms with Crippen molar-refractivity contribution in [2.24, 2.45) is 0 Å². The van der Waals surface area contributed by atoms with Crippen molar-refractivity contribution in [3.8, 4) is 0 Å². The number of amides is 1. The average molecular weight is 359 g/mol. The minimum Gasteiger partial charge on any atom is -0.380 e. The van der Waals surface area contributed by atoms with Gasteiger partial charge in [0, 0.05) is 30.6 Å². The Bertz CT molecular complexity index is 549. The van der Waals surface area contributed by atoms with E-state index in [1.807, 2.05) is 18.2 Å². The summed E-state index contributed by atoms with van der Waals surface area (Å²) in [6.45, 7) is 1.40. The van der Waals surface area contributed by atoms with Crippen LogP contribution in [-0.4, -0.2) is 38.3 Å². The predicted octanol–water partition coefficient (Wildman–Crippen LogP) is 2.68. The van der Waals surface area contributed by atoms with Gasteiger partial charge in [-0.15, -0.1) is 12.4 Å². The SMILES string of the molecule is CO[C@@H]1CN[C@@H](C(=O)NCC2(c3ccccc3Cl)CCC2)C1.Cl. The Balaban J connectivity index is 0.00000192. The lowest BCUT2D eigenvalue weighted by molar-refractivity contribution is -0.123. The molecule has 23 heavy (non-hydrogen) atoms. The van der Waals surface area contributed by atoms with Gasteiger partial charge in [0.1, 0.15) is 0 Å². The topological polar surface area (TPSA) is 50.4 Å². The molecule has 3 rings (SSSR count). The second kappa shape index (κ2) is 7.84. The highest BCUT2D eigenvalue weighted by atomic mass is 35.5. The van der Waals surface area contributed by atoms with Gasteiger partial charge >= 0.3 is 0 Å². The summed E-state index contributed by atoms with van der Waals surface area (Å²) >= 11 is 6.36. The third kappa shape index (κ3) is 3.82. The second-order valence-corrected chi connectivity index (χ2v) is 6.79. The highest BCUT2D eigenvalue weighted by molar-refractivity contribution is 6.31. The van der Waals surface area contributed by atoms with E-state index in [0.29, 0.717) is 6.54 Å². The van der Waals surface area contributed by atoms with E-state index >= 15 is 0 Å². The van der Waals surface area contributed by atoms with Gasteiger partial charge in [0.25, 0.3) is 0 Å². The van der Waals surface area contributed by atoms with Crippen molar-refractivity contribution < 1.29 is 9.53 Å². The molecule has 128 valence electrons. The van der Waals surface area contributed by atoms with Gasteiger partial charge in [0.15, 0.2) is 0 Å². The predicted molar refractivity (Wildman–Crippen MR) is 94.4 cm³/mol. The molecular weight excluding hydrogens is 335 g/mol. The fourth-order valence-electron chi connectivity index (χ4n) is 3.50. The van der Waals surface area contributed by atoms with Gasteiger partial charge in [-0.05, 0) is 30.9 Å². The number of carbonyl (C=O) groups excluding carboxylic acids is 1. The van der Waals surface area contributed by atoms with E-state index in [1.165, 1.54) is 6.42 Å². The Morgan fingerprint density at radius 3 is 2.74 bits per heavy atom. The normalized spacial score (nSPS) is 25.3. The molecule has 0 bridgehead atoms. The molecule has 6 heteroatoms. The number of benzene rings is 1. The second-order valence-electron chi connectivity index (χ2n) is 6.39. The number of ether oxygens (including phenoxy) is 1. The van der Waals surface area contributed by atoms with Crippen molar-refractivity contribution in [2.45, 2.75) is 43.2 Å². The van der Waals surface area contributed by atoms with E-state index < -0.39 is 0 Å². The maximum Gasteiger partial charge on any atom is 0.237 e.